The van der Waals surface area contributed by atoms with Gasteiger partial charge in [0, 0.05) is 36.4 Å². The van der Waals surface area contributed by atoms with Crippen LogP contribution in [-0.2, 0) is 0 Å². The summed E-state index contributed by atoms with van der Waals surface area (Å²) in [5.74, 6) is 0. The molecule has 0 heterocycles. The summed E-state index contributed by atoms with van der Waals surface area (Å²) in [6.45, 7) is 10.7. The third-order valence-corrected chi connectivity index (χ3v) is 4.49. The SMILES string of the molecule is CC(C)N(CCNC(=S)Nc1ccccc1-c1ccccc1)C(C)C. The zero-order valence-electron chi connectivity index (χ0n) is 15.6. The highest BCUT2D eigenvalue weighted by Gasteiger charge is 2.12. The van der Waals surface area contributed by atoms with Crippen LogP contribution in [0.4, 0.5) is 5.69 Å². The predicted molar refractivity (Wildman–Crippen MR) is 113 cm³/mol. The minimum absolute atomic E-state index is 0.530. The molecule has 0 unspecified atom stereocenters. The molecule has 0 bridgehead atoms. The third kappa shape index (κ3) is 5.83. The van der Waals surface area contributed by atoms with Crippen LogP contribution in [0, 0.1) is 0 Å². The Hall–Kier alpha value is -1.91. The van der Waals surface area contributed by atoms with Crippen molar-refractivity contribution in [1.29, 1.82) is 0 Å². The fraction of sp³-hybridized carbons (Fsp3) is 0.381. The lowest BCUT2D eigenvalue weighted by Gasteiger charge is -2.30. The summed E-state index contributed by atoms with van der Waals surface area (Å²) in [5.41, 5.74) is 3.35. The minimum Gasteiger partial charge on any atom is -0.361 e. The molecule has 3 nitrogen and oxygen atoms in total. The number of rotatable bonds is 7. The van der Waals surface area contributed by atoms with Crippen molar-refractivity contribution >= 4 is 23.0 Å². The van der Waals surface area contributed by atoms with Crippen molar-refractivity contribution in [2.45, 2.75) is 39.8 Å². The Morgan fingerprint density at radius 2 is 1.52 bits per heavy atom. The predicted octanol–water partition coefficient (Wildman–Crippen LogP) is 4.76. The van der Waals surface area contributed by atoms with Crippen LogP contribution in [0.1, 0.15) is 27.7 Å². The molecule has 0 aromatic heterocycles. The Kier molecular flexibility index (Phi) is 7.41. The zero-order valence-corrected chi connectivity index (χ0v) is 16.4. The van der Waals surface area contributed by atoms with Gasteiger partial charge in [0.15, 0.2) is 5.11 Å². The smallest absolute Gasteiger partial charge is 0.170 e. The molecule has 0 fully saturated rings. The van der Waals surface area contributed by atoms with Gasteiger partial charge in [0.25, 0.3) is 0 Å². The van der Waals surface area contributed by atoms with Crippen LogP contribution in [0.25, 0.3) is 11.1 Å². The quantitative estimate of drug-likeness (QED) is 0.700. The molecule has 0 amide bonds. The molecule has 2 rings (SSSR count). The fourth-order valence-corrected chi connectivity index (χ4v) is 3.25. The average Bonchev–Trinajstić information content (AvgIpc) is 2.59. The molecule has 0 radical (unpaired) electrons. The molecule has 0 aliphatic heterocycles. The lowest BCUT2D eigenvalue weighted by Crippen LogP contribution is -2.43. The molecule has 25 heavy (non-hydrogen) atoms. The number of hydrogen-bond donors (Lipinski definition) is 2. The highest BCUT2D eigenvalue weighted by molar-refractivity contribution is 7.80. The van der Waals surface area contributed by atoms with E-state index in [1.54, 1.807) is 0 Å². The summed E-state index contributed by atoms with van der Waals surface area (Å²) in [7, 11) is 0. The van der Waals surface area contributed by atoms with Crippen LogP contribution in [0.2, 0.25) is 0 Å². The summed E-state index contributed by atoms with van der Waals surface area (Å²) >= 11 is 5.49. The molecule has 4 heteroatoms. The Bertz CT molecular complexity index is 660. The number of nitrogens with zero attached hydrogens (tertiary/aromatic N) is 1. The van der Waals surface area contributed by atoms with E-state index in [0.29, 0.717) is 17.2 Å². The van der Waals surface area contributed by atoms with Crippen molar-refractivity contribution < 1.29 is 0 Å². The van der Waals surface area contributed by atoms with Gasteiger partial charge in [-0.3, -0.25) is 4.90 Å². The lowest BCUT2D eigenvalue weighted by atomic mass is 10.0. The first-order chi connectivity index (χ1) is 12.0. The highest BCUT2D eigenvalue weighted by Crippen LogP contribution is 2.27. The number of thiocarbonyl (C=S) groups is 1. The second-order valence-electron chi connectivity index (χ2n) is 6.72. The van der Waals surface area contributed by atoms with Gasteiger partial charge in [-0.2, -0.15) is 0 Å². The van der Waals surface area contributed by atoms with E-state index in [-0.39, 0.29) is 0 Å². The van der Waals surface area contributed by atoms with Crippen LogP contribution in [0.5, 0.6) is 0 Å². The second-order valence-corrected chi connectivity index (χ2v) is 7.13. The van der Waals surface area contributed by atoms with Crippen molar-refractivity contribution in [2.24, 2.45) is 0 Å². The van der Waals surface area contributed by atoms with E-state index in [1.165, 1.54) is 5.56 Å². The molecule has 0 spiro atoms. The van der Waals surface area contributed by atoms with Crippen molar-refractivity contribution in [3.05, 3.63) is 54.6 Å². The Morgan fingerprint density at radius 3 is 2.16 bits per heavy atom. The first-order valence-corrected chi connectivity index (χ1v) is 9.35. The monoisotopic (exact) mass is 355 g/mol. The lowest BCUT2D eigenvalue weighted by molar-refractivity contribution is 0.178. The standard InChI is InChI=1S/C21H29N3S/c1-16(2)24(17(3)4)15-14-22-21(25)23-20-13-9-8-12-19(20)18-10-6-5-7-11-18/h5-13,16-17H,14-15H2,1-4H3,(H2,22,23,25). The topological polar surface area (TPSA) is 27.3 Å². The van der Waals surface area contributed by atoms with Crippen molar-refractivity contribution in [3.8, 4) is 11.1 Å². The average molecular weight is 356 g/mol. The molecule has 0 atom stereocenters. The van der Waals surface area contributed by atoms with Crippen molar-refractivity contribution in [1.82, 2.24) is 10.2 Å². The van der Waals surface area contributed by atoms with E-state index >= 15 is 0 Å². The van der Waals surface area contributed by atoms with Gasteiger partial charge < -0.3 is 10.6 Å². The van der Waals surface area contributed by atoms with Gasteiger partial charge in [0.1, 0.15) is 0 Å². The number of para-hydroxylation sites is 1. The van der Waals surface area contributed by atoms with Crippen molar-refractivity contribution in [2.75, 3.05) is 18.4 Å². The number of anilines is 1. The molecule has 0 saturated heterocycles. The number of benzene rings is 2. The van der Waals surface area contributed by atoms with Gasteiger partial charge in [-0.05, 0) is 51.5 Å². The summed E-state index contributed by atoms with van der Waals surface area (Å²) in [6.07, 6.45) is 0. The Labute approximate surface area is 157 Å². The second kappa shape index (κ2) is 9.54. The maximum Gasteiger partial charge on any atom is 0.170 e. The van der Waals surface area contributed by atoms with Gasteiger partial charge in [0.2, 0.25) is 0 Å². The van der Waals surface area contributed by atoms with E-state index in [4.69, 9.17) is 12.2 Å². The van der Waals surface area contributed by atoms with Crippen LogP contribution < -0.4 is 10.6 Å². The summed E-state index contributed by atoms with van der Waals surface area (Å²) in [5, 5.41) is 7.33. The van der Waals surface area contributed by atoms with Crippen LogP contribution in [0.3, 0.4) is 0 Å². The summed E-state index contributed by atoms with van der Waals surface area (Å²) in [6, 6.07) is 19.7. The van der Waals surface area contributed by atoms with E-state index in [2.05, 4.69) is 79.6 Å². The van der Waals surface area contributed by atoms with Gasteiger partial charge in [-0.15, -0.1) is 0 Å². The molecular formula is C21H29N3S. The fourth-order valence-electron chi connectivity index (χ4n) is 3.04. The third-order valence-electron chi connectivity index (χ3n) is 4.24. The first kappa shape index (κ1) is 19.4. The first-order valence-electron chi connectivity index (χ1n) is 8.94. The van der Waals surface area contributed by atoms with Gasteiger partial charge >= 0.3 is 0 Å². The molecule has 2 N–H and O–H groups in total. The van der Waals surface area contributed by atoms with Crippen LogP contribution >= 0.6 is 12.2 Å². The number of hydrogen-bond acceptors (Lipinski definition) is 2. The number of nitrogens with one attached hydrogen (secondary N) is 2. The summed E-state index contributed by atoms with van der Waals surface area (Å²) in [4.78, 5) is 2.45. The highest BCUT2D eigenvalue weighted by atomic mass is 32.1. The van der Waals surface area contributed by atoms with Gasteiger partial charge in [-0.1, -0.05) is 48.5 Å². The molecule has 2 aromatic rings. The minimum atomic E-state index is 0.530. The van der Waals surface area contributed by atoms with Crippen molar-refractivity contribution in [3.63, 3.8) is 0 Å². The maximum atomic E-state index is 5.49. The van der Waals surface area contributed by atoms with E-state index in [9.17, 15) is 0 Å². The molecule has 0 aliphatic carbocycles. The molecular weight excluding hydrogens is 326 g/mol. The van der Waals surface area contributed by atoms with E-state index in [1.807, 2.05) is 18.2 Å². The normalized spacial score (nSPS) is 11.2. The van der Waals surface area contributed by atoms with E-state index < -0.39 is 0 Å². The largest absolute Gasteiger partial charge is 0.361 e. The van der Waals surface area contributed by atoms with E-state index in [0.717, 1.165) is 24.3 Å². The summed E-state index contributed by atoms with van der Waals surface area (Å²) < 4.78 is 0. The Morgan fingerprint density at radius 1 is 0.920 bits per heavy atom. The van der Waals surface area contributed by atoms with Gasteiger partial charge in [0.05, 0.1) is 0 Å². The molecule has 0 saturated carbocycles. The molecule has 0 aliphatic rings. The maximum absolute atomic E-state index is 5.49. The molecule has 134 valence electrons. The molecule has 2 aromatic carbocycles. The Balaban J connectivity index is 1.95. The van der Waals surface area contributed by atoms with Crippen LogP contribution in [0.15, 0.2) is 54.6 Å². The van der Waals surface area contributed by atoms with Crippen LogP contribution in [-0.4, -0.2) is 35.2 Å². The van der Waals surface area contributed by atoms with Gasteiger partial charge in [-0.25, -0.2) is 0 Å². The zero-order chi connectivity index (χ0) is 18.2.